The molecular weight excluding hydrogens is 344 g/mol. The van der Waals surface area contributed by atoms with Crippen LogP contribution < -0.4 is 10.6 Å². The molecule has 0 unspecified atom stereocenters. The Morgan fingerprint density at radius 3 is 2.56 bits per heavy atom. The summed E-state index contributed by atoms with van der Waals surface area (Å²) >= 11 is 0. The number of carbonyl (C=O) groups excluding carboxylic acids is 1. The van der Waals surface area contributed by atoms with Gasteiger partial charge in [-0.2, -0.15) is 0 Å². The summed E-state index contributed by atoms with van der Waals surface area (Å²) in [6.45, 7) is 7.68. The lowest BCUT2D eigenvalue weighted by Crippen LogP contribution is -2.49. The van der Waals surface area contributed by atoms with Crippen LogP contribution in [-0.4, -0.2) is 56.3 Å². The number of piperidine rings is 1. The van der Waals surface area contributed by atoms with Gasteiger partial charge in [0.25, 0.3) is 0 Å². The molecule has 1 amide bonds. The van der Waals surface area contributed by atoms with Crippen molar-refractivity contribution in [1.29, 1.82) is 0 Å². The van der Waals surface area contributed by atoms with E-state index in [1.54, 1.807) is 12.0 Å². The van der Waals surface area contributed by atoms with Gasteiger partial charge in [0.15, 0.2) is 5.96 Å². The predicted octanol–water partition coefficient (Wildman–Crippen LogP) is 2.51. The Bertz CT molecular complexity index is 613. The number of nitrogens with zero attached hydrogens (tertiary/aromatic N) is 2. The number of carbonyl (C=O) groups is 1. The number of guanidine groups is 1. The second kappa shape index (κ2) is 11.4. The van der Waals surface area contributed by atoms with Gasteiger partial charge in [-0.05, 0) is 37.8 Å². The second-order valence-electron chi connectivity index (χ2n) is 6.50. The fraction of sp³-hybridized carbons (Fsp3) is 0.600. The summed E-state index contributed by atoms with van der Waals surface area (Å²) in [7, 11) is 1.70. The molecule has 0 saturated carbocycles. The molecule has 7 nitrogen and oxygen atoms in total. The van der Waals surface area contributed by atoms with E-state index in [0.717, 1.165) is 36.5 Å². The van der Waals surface area contributed by atoms with Gasteiger partial charge in [0.2, 0.25) is 0 Å². The first-order valence-corrected chi connectivity index (χ1v) is 9.70. The van der Waals surface area contributed by atoms with Crippen LogP contribution in [0.1, 0.15) is 37.8 Å². The standard InChI is InChI=1S/C20H32N4O3/c1-4-21-19(22-14-16-8-6-7-9-17(16)15-26-3)23-18-10-12-24(13-11-18)20(25)27-5-2/h6-9,18H,4-5,10-15H2,1-3H3,(H2,21,22,23). The number of hydrogen-bond acceptors (Lipinski definition) is 4. The number of methoxy groups -OCH3 is 1. The zero-order valence-electron chi connectivity index (χ0n) is 16.7. The minimum Gasteiger partial charge on any atom is -0.450 e. The Morgan fingerprint density at radius 1 is 1.22 bits per heavy atom. The van der Waals surface area contributed by atoms with Crippen LogP contribution in [0.5, 0.6) is 0 Å². The summed E-state index contributed by atoms with van der Waals surface area (Å²) < 4.78 is 10.3. The van der Waals surface area contributed by atoms with Crippen molar-refractivity contribution in [3.05, 3.63) is 35.4 Å². The highest BCUT2D eigenvalue weighted by molar-refractivity contribution is 5.80. The summed E-state index contributed by atoms with van der Waals surface area (Å²) in [6.07, 6.45) is 1.54. The Balaban J connectivity index is 1.92. The summed E-state index contributed by atoms with van der Waals surface area (Å²) in [5.41, 5.74) is 2.32. The summed E-state index contributed by atoms with van der Waals surface area (Å²) in [6, 6.07) is 8.49. The molecule has 1 aliphatic rings. The molecule has 1 aromatic rings. The predicted molar refractivity (Wildman–Crippen MR) is 107 cm³/mol. The quantitative estimate of drug-likeness (QED) is 0.565. The van der Waals surface area contributed by atoms with Crippen molar-refractivity contribution >= 4 is 12.1 Å². The normalized spacial score (nSPS) is 15.5. The lowest BCUT2D eigenvalue weighted by Gasteiger charge is -2.32. The van der Waals surface area contributed by atoms with E-state index in [9.17, 15) is 4.79 Å². The SMILES string of the molecule is CCNC(=NCc1ccccc1COC)NC1CCN(C(=O)OCC)CC1. The number of hydrogen-bond donors (Lipinski definition) is 2. The van der Waals surface area contributed by atoms with Crippen molar-refractivity contribution in [3.63, 3.8) is 0 Å². The number of likely N-dealkylation sites (tertiary alicyclic amines) is 1. The van der Waals surface area contributed by atoms with Crippen LogP contribution in [0.4, 0.5) is 4.79 Å². The van der Waals surface area contributed by atoms with Gasteiger partial charge in [0, 0.05) is 32.8 Å². The van der Waals surface area contributed by atoms with Crippen LogP contribution in [0.2, 0.25) is 0 Å². The van der Waals surface area contributed by atoms with Crippen LogP contribution >= 0.6 is 0 Å². The van der Waals surface area contributed by atoms with Crippen LogP contribution in [0.3, 0.4) is 0 Å². The topological polar surface area (TPSA) is 75.2 Å². The summed E-state index contributed by atoms with van der Waals surface area (Å²) in [4.78, 5) is 18.3. The maximum absolute atomic E-state index is 11.8. The Hall–Kier alpha value is -2.28. The molecule has 0 atom stereocenters. The lowest BCUT2D eigenvalue weighted by molar-refractivity contribution is 0.0963. The molecule has 1 aromatic carbocycles. The van der Waals surface area contributed by atoms with E-state index >= 15 is 0 Å². The van der Waals surface area contributed by atoms with Gasteiger partial charge in [-0.25, -0.2) is 9.79 Å². The number of aliphatic imine (C=N–C) groups is 1. The third-order valence-electron chi connectivity index (χ3n) is 4.53. The van der Waals surface area contributed by atoms with Gasteiger partial charge in [-0.15, -0.1) is 0 Å². The van der Waals surface area contributed by atoms with E-state index in [-0.39, 0.29) is 6.09 Å². The molecule has 1 heterocycles. The smallest absolute Gasteiger partial charge is 0.409 e. The van der Waals surface area contributed by atoms with Gasteiger partial charge in [-0.1, -0.05) is 24.3 Å². The number of nitrogens with one attached hydrogen (secondary N) is 2. The highest BCUT2D eigenvalue weighted by atomic mass is 16.6. The number of rotatable bonds is 7. The first-order valence-electron chi connectivity index (χ1n) is 9.70. The van der Waals surface area contributed by atoms with Crippen molar-refractivity contribution in [2.75, 3.05) is 33.4 Å². The maximum Gasteiger partial charge on any atom is 0.409 e. The van der Waals surface area contributed by atoms with Crippen LogP contribution in [0, 0.1) is 0 Å². The van der Waals surface area contributed by atoms with Crippen molar-refractivity contribution in [3.8, 4) is 0 Å². The van der Waals surface area contributed by atoms with E-state index in [4.69, 9.17) is 14.5 Å². The Morgan fingerprint density at radius 2 is 1.93 bits per heavy atom. The molecule has 1 saturated heterocycles. The van der Waals surface area contributed by atoms with Crippen molar-refractivity contribution in [2.45, 2.75) is 45.9 Å². The van der Waals surface area contributed by atoms with E-state index in [1.165, 1.54) is 0 Å². The molecule has 0 spiro atoms. The lowest BCUT2D eigenvalue weighted by atomic mass is 10.1. The first kappa shape index (κ1) is 21.0. The minimum absolute atomic E-state index is 0.216. The molecule has 0 bridgehead atoms. The summed E-state index contributed by atoms with van der Waals surface area (Å²) in [5.74, 6) is 0.805. The van der Waals surface area contributed by atoms with Gasteiger partial charge in [-0.3, -0.25) is 0 Å². The highest BCUT2D eigenvalue weighted by Gasteiger charge is 2.24. The molecule has 0 aromatic heterocycles. The average molecular weight is 377 g/mol. The molecule has 1 aliphatic heterocycles. The van der Waals surface area contributed by atoms with Crippen molar-refractivity contribution < 1.29 is 14.3 Å². The minimum atomic E-state index is -0.216. The van der Waals surface area contributed by atoms with Crippen LogP contribution in [0.15, 0.2) is 29.3 Å². The molecular formula is C20H32N4O3. The number of ether oxygens (including phenoxy) is 2. The zero-order chi connectivity index (χ0) is 19.5. The van der Waals surface area contributed by atoms with Crippen molar-refractivity contribution in [2.24, 2.45) is 4.99 Å². The molecule has 150 valence electrons. The third-order valence-corrected chi connectivity index (χ3v) is 4.53. The van der Waals surface area contributed by atoms with Crippen molar-refractivity contribution in [1.82, 2.24) is 15.5 Å². The maximum atomic E-state index is 11.8. The molecule has 1 fully saturated rings. The molecule has 0 aliphatic carbocycles. The van der Waals surface area contributed by atoms with E-state index in [1.807, 2.05) is 19.1 Å². The van der Waals surface area contributed by atoms with E-state index in [2.05, 4.69) is 29.7 Å². The van der Waals surface area contributed by atoms with Gasteiger partial charge >= 0.3 is 6.09 Å². The van der Waals surface area contributed by atoms with Gasteiger partial charge in [0.05, 0.1) is 19.8 Å². The Kier molecular flexibility index (Phi) is 8.91. The largest absolute Gasteiger partial charge is 0.450 e. The number of benzene rings is 1. The molecule has 27 heavy (non-hydrogen) atoms. The first-order chi connectivity index (χ1) is 13.2. The fourth-order valence-electron chi connectivity index (χ4n) is 3.11. The third kappa shape index (κ3) is 6.75. The van der Waals surface area contributed by atoms with E-state index in [0.29, 0.717) is 38.9 Å². The van der Waals surface area contributed by atoms with Crippen LogP contribution in [-0.2, 0) is 22.6 Å². The second-order valence-corrected chi connectivity index (χ2v) is 6.50. The van der Waals surface area contributed by atoms with E-state index < -0.39 is 0 Å². The van der Waals surface area contributed by atoms with Gasteiger partial charge in [0.1, 0.15) is 0 Å². The highest BCUT2D eigenvalue weighted by Crippen LogP contribution is 2.13. The average Bonchev–Trinajstić information content (AvgIpc) is 2.68. The Labute approximate surface area is 162 Å². The number of amides is 1. The van der Waals surface area contributed by atoms with Crippen LogP contribution in [0.25, 0.3) is 0 Å². The fourth-order valence-corrected chi connectivity index (χ4v) is 3.11. The molecule has 7 heteroatoms. The molecule has 2 N–H and O–H groups in total. The monoisotopic (exact) mass is 376 g/mol. The molecule has 0 radical (unpaired) electrons. The van der Waals surface area contributed by atoms with Gasteiger partial charge < -0.3 is 25.0 Å². The summed E-state index contributed by atoms with van der Waals surface area (Å²) in [5, 5.41) is 6.81. The molecule has 2 rings (SSSR count). The zero-order valence-corrected chi connectivity index (χ0v) is 16.7.